The molecule has 10 nitrogen and oxygen atoms in total. The standard InChI is InChI=1S/C8H6N6.C8H12N4/c1-7(3-9,4-10)13-14-8(2,5-11)6-12;1-7(2,5-9)11-12-8(3,4)6-10/h1-2H3;1-4H3. The number of nitriles is 6. The normalized spacial score (nSPS) is 11.7. The van der Waals surface area contributed by atoms with Gasteiger partial charge in [-0.1, -0.05) is 0 Å². The van der Waals surface area contributed by atoms with Gasteiger partial charge in [-0.15, -0.1) is 0 Å². The molecule has 0 aliphatic heterocycles. The molecule has 26 heavy (non-hydrogen) atoms. The number of azo groups is 2. The van der Waals surface area contributed by atoms with Crippen molar-refractivity contribution in [2.24, 2.45) is 20.5 Å². The highest BCUT2D eigenvalue weighted by Gasteiger charge is 2.27. The third-order valence-electron chi connectivity index (χ3n) is 2.42. The van der Waals surface area contributed by atoms with E-state index in [1.54, 1.807) is 52.0 Å². The molecule has 0 atom stereocenters. The Morgan fingerprint density at radius 3 is 0.808 bits per heavy atom. The molecule has 0 unspecified atom stereocenters. The van der Waals surface area contributed by atoms with Crippen molar-refractivity contribution >= 4 is 0 Å². The van der Waals surface area contributed by atoms with Gasteiger partial charge in [0.1, 0.15) is 24.3 Å². The number of hydrogen-bond acceptors (Lipinski definition) is 10. The van der Waals surface area contributed by atoms with Gasteiger partial charge in [-0.25, -0.2) is 0 Å². The highest BCUT2D eigenvalue weighted by Crippen LogP contribution is 2.14. The minimum absolute atomic E-state index is 0.839. The summed E-state index contributed by atoms with van der Waals surface area (Å²) in [5.41, 5.74) is -4.97. The maximum absolute atomic E-state index is 8.58. The Balaban J connectivity index is 0. The van der Waals surface area contributed by atoms with E-state index >= 15 is 0 Å². The molecule has 0 aliphatic rings. The summed E-state index contributed by atoms with van der Waals surface area (Å²) in [5.74, 6) is 0. The molecule has 0 amide bonds. The summed E-state index contributed by atoms with van der Waals surface area (Å²) < 4.78 is 0. The Kier molecular flexibility index (Phi) is 8.86. The fourth-order valence-electron chi connectivity index (χ4n) is 0.634. The topological polar surface area (TPSA) is 192 Å². The molecule has 0 bridgehead atoms. The number of hydrogen-bond donors (Lipinski definition) is 0. The lowest BCUT2D eigenvalue weighted by Gasteiger charge is -2.11. The molecule has 132 valence electrons. The second-order valence-corrected chi connectivity index (χ2v) is 6.33. The lowest BCUT2D eigenvalue weighted by atomic mass is 10.1. The average molecular weight is 350 g/mol. The average Bonchev–Trinajstić information content (AvgIpc) is 2.65. The zero-order valence-corrected chi connectivity index (χ0v) is 15.5. The highest BCUT2D eigenvalue weighted by atomic mass is 15.2. The van der Waals surface area contributed by atoms with Crippen molar-refractivity contribution in [3.63, 3.8) is 0 Å². The monoisotopic (exact) mass is 350 g/mol. The first-order valence-corrected chi connectivity index (χ1v) is 7.14. The predicted octanol–water partition coefficient (Wildman–Crippen LogP) is 3.09. The smallest absolute Gasteiger partial charge is 0.196 e. The summed E-state index contributed by atoms with van der Waals surface area (Å²) in [5, 5.41) is 65.5. The number of rotatable bonds is 4. The van der Waals surface area contributed by atoms with Crippen LogP contribution in [0.4, 0.5) is 0 Å². The van der Waals surface area contributed by atoms with E-state index in [2.05, 4.69) is 20.5 Å². The molecular formula is C16H18N10. The molecule has 0 aliphatic carbocycles. The lowest BCUT2D eigenvalue weighted by molar-refractivity contribution is 0.541. The summed E-state index contributed by atoms with van der Waals surface area (Å²) in [6.45, 7) is 9.05. The van der Waals surface area contributed by atoms with Gasteiger partial charge in [0.05, 0.1) is 12.1 Å². The third-order valence-corrected chi connectivity index (χ3v) is 2.42. The van der Waals surface area contributed by atoms with E-state index in [-0.39, 0.29) is 0 Å². The van der Waals surface area contributed by atoms with Gasteiger partial charge in [-0.05, 0) is 41.5 Å². The molecular weight excluding hydrogens is 332 g/mol. The van der Waals surface area contributed by atoms with E-state index in [0.29, 0.717) is 0 Å². The van der Waals surface area contributed by atoms with Crippen LogP contribution in [-0.2, 0) is 0 Å². The van der Waals surface area contributed by atoms with E-state index in [0.717, 1.165) is 0 Å². The first-order valence-electron chi connectivity index (χ1n) is 7.14. The quantitative estimate of drug-likeness (QED) is 0.698. The van der Waals surface area contributed by atoms with E-state index in [1.165, 1.54) is 13.8 Å². The maximum atomic E-state index is 8.58. The summed E-state index contributed by atoms with van der Waals surface area (Å²) in [6, 6.07) is 10.4. The van der Waals surface area contributed by atoms with Crippen molar-refractivity contribution in [1.29, 1.82) is 31.6 Å². The van der Waals surface area contributed by atoms with Crippen LogP contribution in [0.15, 0.2) is 20.5 Å². The van der Waals surface area contributed by atoms with Crippen LogP contribution in [0.3, 0.4) is 0 Å². The minimum Gasteiger partial charge on any atom is -0.196 e. The van der Waals surface area contributed by atoms with Gasteiger partial charge in [-0.2, -0.15) is 52.0 Å². The van der Waals surface area contributed by atoms with Gasteiger partial charge in [0, 0.05) is 0 Å². The fraction of sp³-hybridized carbons (Fsp3) is 0.625. The number of nitrogens with zero attached hydrogens (tertiary/aromatic N) is 10. The molecule has 10 heteroatoms. The van der Waals surface area contributed by atoms with Crippen molar-refractivity contribution in [1.82, 2.24) is 0 Å². The van der Waals surface area contributed by atoms with Crippen LogP contribution in [0.25, 0.3) is 0 Å². The van der Waals surface area contributed by atoms with Crippen LogP contribution < -0.4 is 0 Å². The first-order chi connectivity index (χ1) is 11.8. The first kappa shape index (κ1) is 24.4. The summed E-state index contributed by atoms with van der Waals surface area (Å²) in [6.07, 6.45) is 0. The summed E-state index contributed by atoms with van der Waals surface area (Å²) in [7, 11) is 0. The third kappa shape index (κ3) is 9.32. The molecule has 0 N–H and O–H groups in total. The Morgan fingerprint density at radius 1 is 0.423 bits per heavy atom. The molecule has 0 radical (unpaired) electrons. The molecule has 0 saturated carbocycles. The van der Waals surface area contributed by atoms with Crippen molar-refractivity contribution in [3.8, 4) is 36.4 Å². The Morgan fingerprint density at radius 2 is 0.654 bits per heavy atom. The molecule has 0 heterocycles. The van der Waals surface area contributed by atoms with E-state index in [1.807, 2.05) is 12.1 Å². The molecule has 0 aromatic heterocycles. The van der Waals surface area contributed by atoms with Crippen LogP contribution in [-0.4, -0.2) is 22.2 Å². The second kappa shape index (κ2) is 9.44. The lowest BCUT2D eigenvalue weighted by Crippen LogP contribution is -2.20. The van der Waals surface area contributed by atoms with Gasteiger partial charge in [0.15, 0.2) is 11.1 Å². The molecule has 0 fully saturated rings. The summed E-state index contributed by atoms with van der Waals surface area (Å²) in [4.78, 5) is 0. The van der Waals surface area contributed by atoms with Gasteiger partial charge in [0.2, 0.25) is 11.1 Å². The van der Waals surface area contributed by atoms with E-state index < -0.39 is 22.2 Å². The molecule has 0 rings (SSSR count). The second-order valence-electron chi connectivity index (χ2n) is 6.33. The fourth-order valence-corrected chi connectivity index (χ4v) is 0.634. The Labute approximate surface area is 152 Å². The van der Waals surface area contributed by atoms with Crippen LogP contribution in [0, 0.1) is 68.0 Å². The van der Waals surface area contributed by atoms with E-state index in [4.69, 9.17) is 31.6 Å². The van der Waals surface area contributed by atoms with Crippen LogP contribution in [0.1, 0.15) is 41.5 Å². The van der Waals surface area contributed by atoms with Crippen LogP contribution in [0.2, 0.25) is 0 Å². The van der Waals surface area contributed by atoms with Crippen molar-refractivity contribution in [3.05, 3.63) is 0 Å². The van der Waals surface area contributed by atoms with Crippen molar-refractivity contribution in [2.75, 3.05) is 0 Å². The van der Waals surface area contributed by atoms with Crippen LogP contribution >= 0.6 is 0 Å². The predicted molar refractivity (Wildman–Crippen MR) is 88.4 cm³/mol. The van der Waals surface area contributed by atoms with Gasteiger partial charge < -0.3 is 0 Å². The van der Waals surface area contributed by atoms with Gasteiger partial charge in [-0.3, -0.25) is 0 Å². The minimum atomic E-state index is -1.64. The SMILES string of the molecule is CC(C#N)(C#N)N=NC(C)(C#N)C#N.CC(C)(C#N)N=NC(C)(C)C#N. The molecule has 0 aromatic rings. The van der Waals surface area contributed by atoms with Crippen molar-refractivity contribution < 1.29 is 0 Å². The molecule has 0 spiro atoms. The van der Waals surface area contributed by atoms with Gasteiger partial charge >= 0.3 is 0 Å². The molecule has 0 saturated heterocycles. The Hall–Kier alpha value is -3.86. The van der Waals surface area contributed by atoms with E-state index in [9.17, 15) is 0 Å². The summed E-state index contributed by atoms with van der Waals surface area (Å²) >= 11 is 0. The van der Waals surface area contributed by atoms with Crippen LogP contribution in [0.5, 0.6) is 0 Å². The Bertz CT molecular complexity index is 710. The maximum Gasteiger partial charge on any atom is 0.249 e. The zero-order valence-electron chi connectivity index (χ0n) is 15.5. The molecule has 0 aromatic carbocycles. The van der Waals surface area contributed by atoms with Gasteiger partial charge in [0.25, 0.3) is 0 Å². The zero-order chi connectivity index (χ0) is 21.1. The highest BCUT2D eigenvalue weighted by molar-refractivity contribution is 5.22. The van der Waals surface area contributed by atoms with Crippen molar-refractivity contribution in [2.45, 2.75) is 63.7 Å². The largest absolute Gasteiger partial charge is 0.249 e.